The van der Waals surface area contributed by atoms with Crippen LogP contribution < -0.4 is 15.3 Å². The summed E-state index contributed by atoms with van der Waals surface area (Å²) in [6, 6.07) is 90.7. The van der Waals surface area contributed by atoms with Crippen molar-refractivity contribution in [3.05, 3.63) is 276 Å². The molecule has 0 spiro atoms. The van der Waals surface area contributed by atoms with Gasteiger partial charge in [-0.05, 0) is 56.3 Å². The number of rotatable bonds is 8. The molecule has 2 fully saturated rings. The standard InChI is InChI=1S/C56H46NP2/c1-9-25-43(26-10-1)51-41-58(49-37-21-7-22-38-49)53(55(51,45-29-13-3-14-30-45)46-31-15-4-16-32-46)57-54-56(47-33-17-5-18-34-47,48-35-19-6-20-36-48)52(44-27-11-2-12-28-44)42-59(54)50-39-23-8-24-40-50/h1-40,51-52H,41-42H2/q+1. The Morgan fingerprint density at radius 3 is 0.814 bits per heavy atom. The maximum absolute atomic E-state index is 6.65. The Bertz CT molecular complexity index is 2420. The molecule has 4 unspecified atom stereocenters. The van der Waals surface area contributed by atoms with Gasteiger partial charge in [-0.1, -0.05) is 247 Å². The van der Waals surface area contributed by atoms with Gasteiger partial charge in [-0.15, -0.1) is 0 Å². The topological polar surface area (TPSA) is 14.1 Å². The summed E-state index contributed by atoms with van der Waals surface area (Å²) in [6.45, 7) is 0. The minimum Gasteiger partial charge on any atom is -0.0908 e. The molecule has 0 amide bonds. The van der Waals surface area contributed by atoms with Crippen molar-refractivity contribution in [3.8, 4) is 0 Å². The van der Waals surface area contributed by atoms with Crippen LogP contribution in [0.1, 0.15) is 45.2 Å². The summed E-state index contributed by atoms with van der Waals surface area (Å²) in [5.41, 5.74) is 9.42. The molecular formula is C56H46NP2+. The Hall–Kier alpha value is -5.93. The molecule has 0 bridgehead atoms. The van der Waals surface area contributed by atoms with Crippen LogP contribution >= 0.6 is 15.8 Å². The maximum atomic E-state index is 6.65. The number of hydrogen-bond donors (Lipinski definition) is 0. The lowest BCUT2D eigenvalue weighted by Gasteiger charge is -2.34. The van der Waals surface area contributed by atoms with Crippen molar-refractivity contribution in [2.75, 3.05) is 12.3 Å². The third-order valence-corrected chi connectivity index (χ3v) is 17.9. The van der Waals surface area contributed by atoms with E-state index in [0.29, 0.717) is 0 Å². The summed E-state index contributed by atoms with van der Waals surface area (Å²) in [7, 11) is -1.83. The first-order chi connectivity index (χ1) is 29.3. The largest absolute Gasteiger partial charge is 0.319 e. The molecule has 8 aromatic carbocycles. The SMILES string of the molecule is c1ccc(C2CP(c3ccccc3)C(=[N+]=C3P(c4ccccc4)CC(c4ccccc4)C3(c3ccccc3)c3ccccc3)C2(c2ccccc2)c2ccccc2)cc1. The lowest BCUT2D eigenvalue weighted by molar-refractivity contribution is 0.582. The van der Waals surface area contributed by atoms with Gasteiger partial charge in [0.05, 0.1) is 0 Å². The zero-order valence-corrected chi connectivity index (χ0v) is 34.8. The molecule has 4 atom stereocenters. The summed E-state index contributed by atoms with van der Waals surface area (Å²) in [5.74, 6) is 0.299. The van der Waals surface area contributed by atoms with Gasteiger partial charge in [0.15, 0.2) is 0 Å². The third-order valence-electron chi connectivity index (χ3n) is 12.7. The third kappa shape index (κ3) is 6.47. The minimum atomic E-state index is -0.914. The number of nitrogens with zero attached hydrogens (tertiary/aromatic N) is 1. The fourth-order valence-corrected chi connectivity index (χ4v) is 16.4. The molecule has 0 saturated carbocycles. The second kappa shape index (κ2) is 16.4. The van der Waals surface area contributed by atoms with Gasteiger partial charge < -0.3 is 0 Å². The van der Waals surface area contributed by atoms with Gasteiger partial charge in [-0.3, -0.25) is 0 Å². The van der Waals surface area contributed by atoms with Crippen LogP contribution in [-0.2, 0) is 10.8 Å². The van der Waals surface area contributed by atoms with Gasteiger partial charge in [0, 0.05) is 27.7 Å². The first-order valence-electron chi connectivity index (χ1n) is 20.7. The average Bonchev–Trinajstić information content (AvgIpc) is 3.86. The summed E-state index contributed by atoms with van der Waals surface area (Å²) < 4.78 is 6.65. The molecule has 2 aliphatic heterocycles. The molecule has 0 radical (unpaired) electrons. The lowest BCUT2D eigenvalue weighted by Crippen LogP contribution is -2.43. The first-order valence-corrected chi connectivity index (χ1v) is 23.8. The molecule has 2 heterocycles. The van der Waals surface area contributed by atoms with Gasteiger partial charge >= 0.3 is 10.9 Å². The van der Waals surface area contributed by atoms with Crippen LogP contribution in [0.15, 0.2) is 243 Å². The Morgan fingerprint density at radius 1 is 0.305 bits per heavy atom. The van der Waals surface area contributed by atoms with Gasteiger partial charge in [-0.25, -0.2) is 0 Å². The lowest BCUT2D eigenvalue weighted by atomic mass is 9.64. The highest BCUT2D eigenvalue weighted by Crippen LogP contribution is 2.66. The molecule has 0 aliphatic carbocycles. The zero-order chi connectivity index (χ0) is 39.5. The monoisotopic (exact) mass is 794 g/mol. The van der Waals surface area contributed by atoms with Gasteiger partial charge in [0.2, 0.25) is 0 Å². The Kier molecular flexibility index (Phi) is 10.4. The van der Waals surface area contributed by atoms with Crippen molar-refractivity contribution in [1.29, 1.82) is 0 Å². The Balaban J connectivity index is 1.44. The highest BCUT2D eigenvalue weighted by atomic mass is 31.1. The Labute approximate surface area is 351 Å². The van der Waals surface area contributed by atoms with Crippen molar-refractivity contribution in [2.24, 2.45) is 0 Å². The average molecular weight is 795 g/mol. The van der Waals surface area contributed by atoms with Crippen molar-refractivity contribution in [1.82, 2.24) is 4.67 Å². The van der Waals surface area contributed by atoms with Crippen LogP contribution in [0.4, 0.5) is 0 Å². The quantitative estimate of drug-likeness (QED) is 0.107. The molecule has 8 aromatic rings. The van der Waals surface area contributed by atoms with Gasteiger partial charge in [0.1, 0.15) is 10.8 Å². The number of hydrogen-bond acceptors (Lipinski definition) is 0. The summed E-state index contributed by atoms with van der Waals surface area (Å²) in [4.78, 5) is 0. The molecule has 10 rings (SSSR count). The van der Waals surface area contributed by atoms with E-state index in [1.165, 1.54) is 54.9 Å². The van der Waals surface area contributed by atoms with Crippen LogP contribution in [0.2, 0.25) is 0 Å². The second-order valence-corrected chi connectivity index (χ2v) is 20.0. The maximum Gasteiger partial charge on any atom is 0.319 e. The number of benzene rings is 8. The van der Waals surface area contributed by atoms with E-state index in [2.05, 4.69) is 243 Å². The molecule has 0 N–H and O–H groups in total. The normalized spacial score (nSPS) is 20.5. The fourth-order valence-electron chi connectivity index (χ4n) is 10.2. The predicted molar refractivity (Wildman–Crippen MR) is 254 cm³/mol. The van der Waals surface area contributed by atoms with Crippen LogP contribution in [0, 0.1) is 0 Å². The first kappa shape index (κ1) is 37.3. The van der Waals surface area contributed by atoms with Crippen molar-refractivity contribution in [3.63, 3.8) is 0 Å². The summed E-state index contributed by atoms with van der Waals surface area (Å²) in [6.07, 6.45) is 1.99. The van der Waals surface area contributed by atoms with E-state index >= 15 is 0 Å². The van der Waals surface area contributed by atoms with Crippen LogP contribution in [0.25, 0.3) is 0 Å². The highest BCUT2D eigenvalue weighted by Gasteiger charge is 2.66. The second-order valence-electron chi connectivity index (χ2n) is 15.7. The van der Waals surface area contributed by atoms with E-state index in [1.807, 2.05) is 0 Å². The van der Waals surface area contributed by atoms with Crippen molar-refractivity contribution >= 4 is 37.4 Å². The molecule has 284 valence electrons. The van der Waals surface area contributed by atoms with E-state index in [9.17, 15) is 0 Å². The molecule has 3 heteroatoms. The molecule has 1 nitrogen and oxygen atoms in total. The fraction of sp³-hybridized carbons (Fsp3) is 0.107. The molecule has 2 saturated heterocycles. The molecule has 59 heavy (non-hydrogen) atoms. The van der Waals surface area contributed by atoms with Crippen LogP contribution in [0.5, 0.6) is 0 Å². The van der Waals surface area contributed by atoms with E-state index in [0.717, 1.165) is 12.3 Å². The van der Waals surface area contributed by atoms with Crippen LogP contribution in [-0.4, -0.2) is 23.2 Å². The van der Waals surface area contributed by atoms with E-state index in [4.69, 9.17) is 4.67 Å². The van der Waals surface area contributed by atoms with E-state index in [-0.39, 0.29) is 11.8 Å². The van der Waals surface area contributed by atoms with Gasteiger partial charge in [0.25, 0.3) is 0 Å². The van der Waals surface area contributed by atoms with E-state index in [1.54, 1.807) is 0 Å². The summed E-state index contributed by atoms with van der Waals surface area (Å²) >= 11 is 0. The minimum absolute atomic E-state index is 0.149. The molecule has 0 aromatic heterocycles. The smallest absolute Gasteiger partial charge is 0.0908 e. The predicted octanol–water partition coefficient (Wildman–Crippen LogP) is 12.0. The molecule has 2 aliphatic rings. The zero-order valence-electron chi connectivity index (χ0n) is 33.0. The van der Waals surface area contributed by atoms with Crippen LogP contribution in [0.3, 0.4) is 0 Å². The van der Waals surface area contributed by atoms with Gasteiger partial charge in [-0.2, -0.15) is 0 Å². The van der Waals surface area contributed by atoms with Crippen molar-refractivity contribution in [2.45, 2.75) is 22.7 Å². The molecular weight excluding hydrogens is 749 g/mol. The van der Waals surface area contributed by atoms with Crippen molar-refractivity contribution < 1.29 is 0 Å². The summed E-state index contributed by atoms with van der Waals surface area (Å²) in [5, 5.41) is 2.76. The van der Waals surface area contributed by atoms with E-state index < -0.39 is 26.7 Å². The highest BCUT2D eigenvalue weighted by molar-refractivity contribution is 7.84. The Morgan fingerprint density at radius 2 is 0.542 bits per heavy atom.